The van der Waals surface area contributed by atoms with Gasteiger partial charge in [0.1, 0.15) is 0 Å². The van der Waals surface area contributed by atoms with Gasteiger partial charge >= 0.3 is 0 Å². The molecule has 1 aliphatic rings. The number of amides is 1. The summed E-state index contributed by atoms with van der Waals surface area (Å²) >= 11 is 3.48. The molecule has 4 heteroatoms. The van der Waals surface area contributed by atoms with Crippen LogP contribution in [-0.4, -0.2) is 48.4 Å². The summed E-state index contributed by atoms with van der Waals surface area (Å²) in [6.45, 7) is 7.63. The minimum Gasteiger partial charge on any atom is -0.339 e. The van der Waals surface area contributed by atoms with Gasteiger partial charge in [0.2, 0.25) is 0 Å². The molecular formula is C17H25BrN2O. The number of aryl methyl sites for hydroxylation is 1. The Kier molecular flexibility index (Phi) is 5.82. The SMILES string of the molecule is CCCN1CCC(N(C)C(=O)c2ccc(Br)c(C)c2)CC1. The summed E-state index contributed by atoms with van der Waals surface area (Å²) in [6, 6.07) is 6.20. The van der Waals surface area contributed by atoms with Crippen molar-refractivity contribution >= 4 is 21.8 Å². The first-order valence-electron chi connectivity index (χ1n) is 7.78. The lowest BCUT2D eigenvalue weighted by molar-refractivity contribution is 0.0642. The van der Waals surface area contributed by atoms with Gasteiger partial charge in [-0.05, 0) is 56.5 Å². The molecule has 0 unspecified atom stereocenters. The van der Waals surface area contributed by atoms with Gasteiger partial charge in [-0.1, -0.05) is 22.9 Å². The van der Waals surface area contributed by atoms with Crippen molar-refractivity contribution in [1.82, 2.24) is 9.80 Å². The van der Waals surface area contributed by atoms with Crippen LogP contribution in [0.2, 0.25) is 0 Å². The highest BCUT2D eigenvalue weighted by molar-refractivity contribution is 9.10. The van der Waals surface area contributed by atoms with Crippen molar-refractivity contribution in [2.75, 3.05) is 26.7 Å². The standard InChI is InChI=1S/C17H25BrN2O/c1-4-9-20-10-7-15(8-11-20)19(3)17(21)14-5-6-16(18)13(2)12-14/h5-6,12,15H,4,7-11H2,1-3H3. The molecule has 116 valence electrons. The Morgan fingerprint density at radius 2 is 2.05 bits per heavy atom. The monoisotopic (exact) mass is 352 g/mol. The van der Waals surface area contributed by atoms with Crippen molar-refractivity contribution < 1.29 is 4.79 Å². The molecule has 0 aromatic heterocycles. The molecule has 1 aliphatic heterocycles. The number of carbonyl (C=O) groups is 1. The van der Waals surface area contributed by atoms with Crippen LogP contribution < -0.4 is 0 Å². The van der Waals surface area contributed by atoms with E-state index in [-0.39, 0.29) is 5.91 Å². The Bertz CT molecular complexity index is 496. The number of hydrogen-bond donors (Lipinski definition) is 0. The molecule has 0 spiro atoms. The highest BCUT2D eigenvalue weighted by Crippen LogP contribution is 2.21. The van der Waals surface area contributed by atoms with E-state index in [0.29, 0.717) is 6.04 Å². The van der Waals surface area contributed by atoms with Crippen molar-refractivity contribution in [3.05, 3.63) is 33.8 Å². The summed E-state index contributed by atoms with van der Waals surface area (Å²) in [6.07, 6.45) is 3.37. The van der Waals surface area contributed by atoms with E-state index in [1.165, 1.54) is 13.0 Å². The molecule has 1 saturated heterocycles. The van der Waals surface area contributed by atoms with Crippen LogP contribution in [0, 0.1) is 6.92 Å². The first kappa shape index (κ1) is 16.5. The van der Waals surface area contributed by atoms with Crippen LogP contribution >= 0.6 is 15.9 Å². The second kappa shape index (κ2) is 7.41. The molecule has 21 heavy (non-hydrogen) atoms. The third-order valence-electron chi connectivity index (χ3n) is 4.37. The molecule has 0 aliphatic carbocycles. The molecule has 0 saturated carbocycles. The molecule has 0 N–H and O–H groups in total. The third-order valence-corrected chi connectivity index (χ3v) is 5.26. The van der Waals surface area contributed by atoms with Gasteiger partial charge in [-0.2, -0.15) is 0 Å². The smallest absolute Gasteiger partial charge is 0.253 e. The molecule has 1 fully saturated rings. The summed E-state index contributed by atoms with van der Waals surface area (Å²) in [5, 5.41) is 0. The lowest BCUT2D eigenvalue weighted by Crippen LogP contribution is -2.45. The van der Waals surface area contributed by atoms with Gasteiger partial charge in [-0.15, -0.1) is 0 Å². The Morgan fingerprint density at radius 1 is 1.38 bits per heavy atom. The van der Waals surface area contributed by atoms with Crippen LogP contribution in [-0.2, 0) is 0 Å². The second-order valence-corrected chi connectivity index (χ2v) is 6.81. The molecule has 1 aromatic rings. The summed E-state index contributed by atoms with van der Waals surface area (Å²) < 4.78 is 1.05. The van der Waals surface area contributed by atoms with Crippen LogP contribution in [0.1, 0.15) is 42.1 Å². The Hall–Kier alpha value is -0.870. The van der Waals surface area contributed by atoms with E-state index in [1.54, 1.807) is 0 Å². The summed E-state index contributed by atoms with van der Waals surface area (Å²) in [5.74, 6) is 0.138. The Morgan fingerprint density at radius 3 is 2.62 bits per heavy atom. The second-order valence-electron chi connectivity index (χ2n) is 5.95. The van der Waals surface area contributed by atoms with Gasteiger partial charge < -0.3 is 9.80 Å². The zero-order chi connectivity index (χ0) is 15.4. The zero-order valence-corrected chi connectivity index (χ0v) is 14.8. The average Bonchev–Trinajstić information content (AvgIpc) is 2.50. The van der Waals surface area contributed by atoms with Crippen molar-refractivity contribution in [2.45, 2.75) is 39.2 Å². The van der Waals surface area contributed by atoms with E-state index in [0.717, 1.165) is 41.5 Å². The number of piperidine rings is 1. The normalized spacial score (nSPS) is 17.0. The Balaban J connectivity index is 1.98. The van der Waals surface area contributed by atoms with Gasteiger partial charge in [-0.3, -0.25) is 4.79 Å². The fourth-order valence-electron chi connectivity index (χ4n) is 2.99. The number of rotatable bonds is 4. The predicted octanol–water partition coefficient (Wildman–Crippen LogP) is 3.70. The van der Waals surface area contributed by atoms with Crippen LogP contribution in [0.5, 0.6) is 0 Å². The maximum atomic E-state index is 12.6. The van der Waals surface area contributed by atoms with Crippen molar-refractivity contribution in [2.24, 2.45) is 0 Å². The minimum atomic E-state index is 0.138. The predicted molar refractivity (Wildman–Crippen MR) is 90.7 cm³/mol. The number of likely N-dealkylation sites (tertiary alicyclic amines) is 1. The minimum absolute atomic E-state index is 0.138. The highest BCUT2D eigenvalue weighted by Gasteiger charge is 2.25. The number of benzene rings is 1. The average molecular weight is 353 g/mol. The molecule has 1 aromatic carbocycles. The molecule has 1 heterocycles. The summed E-state index contributed by atoms with van der Waals surface area (Å²) in [7, 11) is 1.94. The first-order chi connectivity index (χ1) is 10.0. The van der Waals surface area contributed by atoms with Gasteiger partial charge in [-0.25, -0.2) is 0 Å². The molecule has 0 bridgehead atoms. The lowest BCUT2D eigenvalue weighted by atomic mass is 10.0. The first-order valence-corrected chi connectivity index (χ1v) is 8.58. The fraction of sp³-hybridized carbons (Fsp3) is 0.588. The van der Waals surface area contributed by atoms with Gasteiger partial charge in [0, 0.05) is 36.2 Å². The lowest BCUT2D eigenvalue weighted by Gasteiger charge is -2.36. The number of hydrogen-bond acceptors (Lipinski definition) is 2. The number of carbonyl (C=O) groups excluding carboxylic acids is 1. The van der Waals surface area contributed by atoms with E-state index in [4.69, 9.17) is 0 Å². The molecule has 3 nitrogen and oxygen atoms in total. The van der Waals surface area contributed by atoms with Crippen molar-refractivity contribution in [3.8, 4) is 0 Å². The van der Waals surface area contributed by atoms with Crippen LogP contribution in [0.25, 0.3) is 0 Å². The van der Waals surface area contributed by atoms with Crippen molar-refractivity contribution in [3.63, 3.8) is 0 Å². The largest absolute Gasteiger partial charge is 0.339 e. The number of halogens is 1. The summed E-state index contributed by atoms with van der Waals surface area (Å²) in [4.78, 5) is 17.0. The highest BCUT2D eigenvalue weighted by atomic mass is 79.9. The Labute approximate surface area is 136 Å². The molecular weight excluding hydrogens is 328 g/mol. The van der Waals surface area contributed by atoms with E-state index in [1.807, 2.05) is 37.1 Å². The van der Waals surface area contributed by atoms with Crippen LogP contribution in [0.4, 0.5) is 0 Å². The maximum absolute atomic E-state index is 12.6. The number of nitrogens with zero attached hydrogens (tertiary/aromatic N) is 2. The maximum Gasteiger partial charge on any atom is 0.253 e. The zero-order valence-electron chi connectivity index (χ0n) is 13.2. The summed E-state index contributed by atoms with van der Waals surface area (Å²) in [5.41, 5.74) is 1.89. The molecule has 1 amide bonds. The van der Waals surface area contributed by atoms with Crippen molar-refractivity contribution in [1.29, 1.82) is 0 Å². The fourth-order valence-corrected chi connectivity index (χ4v) is 3.24. The molecule has 2 rings (SSSR count). The van der Waals surface area contributed by atoms with E-state index in [9.17, 15) is 4.79 Å². The van der Waals surface area contributed by atoms with Crippen LogP contribution in [0.3, 0.4) is 0 Å². The van der Waals surface area contributed by atoms with E-state index >= 15 is 0 Å². The quantitative estimate of drug-likeness (QED) is 0.824. The molecule has 0 radical (unpaired) electrons. The van der Waals surface area contributed by atoms with Gasteiger partial charge in [0.25, 0.3) is 5.91 Å². The van der Waals surface area contributed by atoms with E-state index in [2.05, 4.69) is 27.8 Å². The third kappa shape index (κ3) is 4.07. The van der Waals surface area contributed by atoms with Gasteiger partial charge in [0.05, 0.1) is 0 Å². The van der Waals surface area contributed by atoms with E-state index < -0.39 is 0 Å². The molecule has 0 atom stereocenters. The topological polar surface area (TPSA) is 23.6 Å². The van der Waals surface area contributed by atoms with Crippen LogP contribution in [0.15, 0.2) is 22.7 Å². The van der Waals surface area contributed by atoms with Gasteiger partial charge in [0.15, 0.2) is 0 Å².